The van der Waals surface area contributed by atoms with Crippen LogP contribution in [0.4, 0.5) is 0 Å². The van der Waals surface area contributed by atoms with Crippen LogP contribution in [0.5, 0.6) is 0 Å². The lowest BCUT2D eigenvalue weighted by Gasteiger charge is -2.05. The lowest BCUT2D eigenvalue weighted by Crippen LogP contribution is -2.06. The monoisotopic (exact) mass is 511 g/mol. The van der Waals surface area contributed by atoms with Crippen molar-refractivity contribution >= 4 is 62.5 Å². The summed E-state index contributed by atoms with van der Waals surface area (Å²) in [6, 6.07) is 22.2. The van der Waals surface area contributed by atoms with Gasteiger partial charge in [-0.15, -0.1) is 15.3 Å². The van der Waals surface area contributed by atoms with Crippen molar-refractivity contribution in [1.82, 2.24) is 43.8 Å². The summed E-state index contributed by atoms with van der Waals surface area (Å²) in [5, 5.41) is 15.3. The predicted molar refractivity (Wildman–Crippen MR) is 134 cm³/mol. The van der Waals surface area contributed by atoms with Crippen molar-refractivity contribution in [2.24, 2.45) is 0 Å². The lowest BCUT2D eigenvalue weighted by atomic mass is 9.98. The highest BCUT2D eigenvalue weighted by atomic mass is 35.5. The molecule has 0 unspecified atom stereocenters. The summed E-state index contributed by atoms with van der Waals surface area (Å²) in [4.78, 5) is 13.1. The molecule has 5 heterocycles. The first-order valence-corrected chi connectivity index (χ1v) is 11.6. The van der Waals surface area contributed by atoms with Gasteiger partial charge in [-0.1, -0.05) is 54.6 Å². The smallest absolute Gasteiger partial charge is 0.261 e. The molecule has 10 nitrogen and oxygen atoms in total. The van der Waals surface area contributed by atoms with Gasteiger partial charge in [-0.3, -0.25) is 0 Å². The molecule has 0 radical (unpaired) electrons. The van der Waals surface area contributed by atoms with E-state index in [-0.39, 0.29) is 10.6 Å². The Morgan fingerprint density at radius 2 is 1.19 bits per heavy atom. The average Bonchev–Trinajstić information content (AvgIpc) is 3.66. The summed E-state index contributed by atoms with van der Waals surface area (Å²) in [5.74, 6) is 1.54. The molecule has 0 amide bonds. The molecular formula is C24H11Cl2N9O. The zero-order valence-corrected chi connectivity index (χ0v) is 19.6. The van der Waals surface area contributed by atoms with E-state index in [2.05, 4.69) is 42.4 Å². The number of para-hydroxylation sites is 1. The first-order chi connectivity index (χ1) is 17.6. The van der Waals surface area contributed by atoms with Gasteiger partial charge in [0.25, 0.3) is 17.3 Å². The normalized spacial score (nSPS) is 12.2. The summed E-state index contributed by atoms with van der Waals surface area (Å²) in [6.07, 6.45) is 0. The maximum Gasteiger partial charge on any atom is 0.261 e. The van der Waals surface area contributed by atoms with Crippen LogP contribution in [0.2, 0.25) is 10.6 Å². The van der Waals surface area contributed by atoms with E-state index in [1.807, 2.05) is 54.6 Å². The van der Waals surface area contributed by atoms with E-state index < -0.39 is 0 Å². The topological polar surface area (TPSA) is 104 Å². The molecule has 0 saturated heterocycles. The number of hydrogen-bond acceptors (Lipinski definition) is 7. The third kappa shape index (κ3) is 2.67. The molecule has 0 saturated carbocycles. The van der Waals surface area contributed by atoms with Crippen LogP contribution in [0.1, 0.15) is 0 Å². The first-order valence-electron chi connectivity index (χ1n) is 10.9. The standard InChI is InChI=1S/C24H11Cl2N9O/c25-20-28-23-33-22(34-24(35(23)32-20)29-21(26)31-34)27-19(30-33)13-10-8-12(9-11-13)14-5-3-7-17-18(14)15-4-1-2-6-16(15)36-17/h1-11H. The van der Waals surface area contributed by atoms with Gasteiger partial charge in [0, 0.05) is 16.3 Å². The van der Waals surface area contributed by atoms with Crippen LogP contribution in [-0.2, 0) is 0 Å². The van der Waals surface area contributed by atoms with Crippen LogP contribution in [-0.4, -0.2) is 43.8 Å². The van der Waals surface area contributed by atoms with Gasteiger partial charge >= 0.3 is 0 Å². The molecule has 8 aromatic rings. The molecule has 0 N–H and O–H groups in total. The minimum atomic E-state index is 0.0471. The van der Waals surface area contributed by atoms with E-state index in [4.69, 9.17) is 27.6 Å². The summed E-state index contributed by atoms with van der Waals surface area (Å²) in [7, 11) is 0. The number of furan rings is 1. The maximum atomic E-state index is 6.06. The van der Waals surface area contributed by atoms with E-state index in [0.717, 1.165) is 38.6 Å². The first kappa shape index (κ1) is 19.7. The van der Waals surface area contributed by atoms with Crippen molar-refractivity contribution in [3.8, 4) is 22.5 Å². The Kier molecular flexibility index (Phi) is 3.84. The van der Waals surface area contributed by atoms with Crippen molar-refractivity contribution in [2.75, 3.05) is 0 Å². The molecule has 0 fully saturated rings. The van der Waals surface area contributed by atoms with E-state index in [1.165, 1.54) is 13.5 Å². The molecule has 5 aromatic heterocycles. The van der Waals surface area contributed by atoms with E-state index >= 15 is 0 Å². The number of benzene rings is 3. The second-order valence-electron chi connectivity index (χ2n) is 8.19. The molecule has 3 aromatic carbocycles. The molecule has 0 atom stereocenters. The fraction of sp³-hybridized carbons (Fsp3) is 0. The Morgan fingerprint density at radius 1 is 0.583 bits per heavy atom. The Bertz CT molecular complexity index is 2060. The predicted octanol–water partition coefficient (Wildman–Crippen LogP) is 5.35. The van der Waals surface area contributed by atoms with Crippen molar-refractivity contribution in [2.45, 2.75) is 0 Å². The minimum Gasteiger partial charge on any atom is -0.456 e. The number of fused-ring (bicyclic) bond motifs is 9. The minimum absolute atomic E-state index is 0.0471. The van der Waals surface area contributed by atoms with Crippen LogP contribution < -0.4 is 0 Å². The Hall–Kier alpha value is -4.54. The van der Waals surface area contributed by atoms with Crippen molar-refractivity contribution < 1.29 is 4.42 Å². The highest BCUT2D eigenvalue weighted by molar-refractivity contribution is 6.28. The molecule has 0 aliphatic carbocycles. The molecule has 0 spiro atoms. The van der Waals surface area contributed by atoms with Crippen LogP contribution >= 0.6 is 23.2 Å². The van der Waals surface area contributed by atoms with E-state index in [0.29, 0.717) is 23.2 Å². The Labute approximate surface area is 210 Å². The molecule has 8 rings (SSSR count). The van der Waals surface area contributed by atoms with Gasteiger partial charge in [-0.25, -0.2) is 0 Å². The summed E-state index contributed by atoms with van der Waals surface area (Å²) < 4.78 is 10.4. The van der Waals surface area contributed by atoms with Gasteiger partial charge in [0.15, 0.2) is 5.82 Å². The van der Waals surface area contributed by atoms with Gasteiger partial charge in [-0.2, -0.15) is 28.5 Å². The number of rotatable bonds is 2. The van der Waals surface area contributed by atoms with Crippen LogP contribution in [0.15, 0.2) is 71.1 Å². The molecule has 36 heavy (non-hydrogen) atoms. The Balaban J connectivity index is 1.30. The maximum absolute atomic E-state index is 6.06. The second-order valence-corrected chi connectivity index (χ2v) is 8.86. The zero-order valence-electron chi connectivity index (χ0n) is 18.0. The van der Waals surface area contributed by atoms with Crippen molar-refractivity contribution in [3.63, 3.8) is 0 Å². The van der Waals surface area contributed by atoms with Gasteiger partial charge < -0.3 is 4.42 Å². The van der Waals surface area contributed by atoms with Gasteiger partial charge in [0.05, 0.1) is 0 Å². The van der Waals surface area contributed by atoms with Crippen LogP contribution in [0.25, 0.3) is 61.8 Å². The fourth-order valence-corrected chi connectivity index (χ4v) is 4.92. The van der Waals surface area contributed by atoms with E-state index in [9.17, 15) is 0 Å². The highest BCUT2D eigenvalue weighted by Gasteiger charge is 2.20. The largest absolute Gasteiger partial charge is 0.456 e. The highest BCUT2D eigenvalue weighted by Crippen LogP contribution is 2.37. The fourth-order valence-electron chi connectivity index (χ4n) is 4.61. The van der Waals surface area contributed by atoms with Crippen LogP contribution in [0, 0.1) is 0 Å². The number of halogens is 2. The lowest BCUT2D eigenvalue weighted by molar-refractivity contribution is 0.669. The number of aromatic nitrogens is 9. The SMILES string of the molecule is Clc1nc2n(n1)c1nc(Cl)nn1c1nc(-c3ccc(-c4cccc5oc6ccccc6c45)cc3)nn21. The third-order valence-electron chi connectivity index (χ3n) is 6.14. The quantitative estimate of drug-likeness (QED) is 0.307. The summed E-state index contributed by atoms with van der Waals surface area (Å²) in [6.45, 7) is 0. The average molecular weight is 512 g/mol. The molecule has 0 aliphatic rings. The number of hydrogen-bond donors (Lipinski definition) is 0. The van der Waals surface area contributed by atoms with Crippen molar-refractivity contribution in [3.05, 3.63) is 77.3 Å². The van der Waals surface area contributed by atoms with E-state index in [1.54, 1.807) is 0 Å². The Morgan fingerprint density at radius 3 is 1.94 bits per heavy atom. The molecule has 0 bridgehead atoms. The van der Waals surface area contributed by atoms with Gasteiger partial charge in [0.1, 0.15) is 11.2 Å². The van der Waals surface area contributed by atoms with Crippen molar-refractivity contribution in [1.29, 1.82) is 0 Å². The van der Waals surface area contributed by atoms with Gasteiger partial charge in [-0.05, 0) is 46.5 Å². The van der Waals surface area contributed by atoms with Crippen LogP contribution in [0.3, 0.4) is 0 Å². The molecule has 12 heteroatoms. The second kappa shape index (κ2) is 7.00. The molecule has 172 valence electrons. The number of nitrogens with zero attached hydrogens (tertiary/aromatic N) is 9. The third-order valence-corrected chi connectivity index (χ3v) is 6.46. The molecular weight excluding hydrogens is 501 g/mol. The molecule has 0 aliphatic heterocycles. The zero-order chi connectivity index (χ0) is 24.0. The summed E-state index contributed by atoms with van der Waals surface area (Å²) in [5.41, 5.74) is 4.67. The van der Waals surface area contributed by atoms with Gasteiger partial charge in [0.2, 0.25) is 10.6 Å². The summed E-state index contributed by atoms with van der Waals surface area (Å²) >= 11 is 12.1.